The number of ether oxygens (including phenoxy) is 6. The number of aromatic nitrogens is 2. The number of halogens is 1. The molecule has 1 fully saturated rings. The zero-order chi connectivity index (χ0) is 31.8. The normalized spacial score (nSPS) is 19.8. The Bertz CT molecular complexity index is 1580. The minimum absolute atomic E-state index is 0.120. The van der Waals surface area contributed by atoms with E-state index in [1.165, 1.54) is 12.3 Å². The number of nitrogens with zero attached hydrogens (tertiary/aromatic N) is 1. The zero-order valence-electron chi connectivity index (χ0n) is 24.8. The van der Waals surface area contributed by atoms with Gasteiger partial charge in [0.15, 0.2) is 6.23 Å². The van der Waals surface area contributed by atoms with Gasteiger partial charge in [-0.1, -0.05) is 54.6 Å². The number of alkyl halides is 1. The lowest BCUT2D eigenvalue weighted by atomic mass is 9.80. The van der Waals surface area contributed by atoms with Gasteiger partial charge in [0.25, 0.3) is 5.56 Å². The minimum Gasteiger partial charge on any atom is -0.497 e. The van der Waals surface area contributed by atoms with Gasteiger partial charge in [0.2, 0.25) is 0 Å². The number of aliphatic hydroxyl groups is 1. The van der Waals surface area contributed by atoms with E-state index in [1.807, 2.05) is 78.9 Å². The molecule has 1 aliphatic heterocycles. The Morgan fingerprint density at radius 2 is 1.49 bits per heavy atom. The van der Waals surface area contributed by atoms with Crippen LogP contribution in [0.4, 0.5) is 0 Å². The summed E-state index contributed by atoms with van der Waals surface area (Å²) in [5.74, 6) is 1.61. The molecule has 1 aromatic heterocycles. The SMILES string of the molecule is COc1ccc(C(OC[C@H]2O[C@@H](n3ccc(=O)[nH]c3=O)[C@H](OCOCCCl)[C@@H]2O)(c2ccccc2)c2ccc(OC)cc2)cc1. The van der Waals surface area contributed by atoms with Crippen LogP contribution >= 0.6 is 11.6 Å². The molecule has 0 saturated carbocycles. The number of hydrogen-bond donors (Lipinski definition) is 2. The summed E-state index contributed by atoms with van der Waals surface area (Å²) in [6.45, 7) is -0.0961. The molecule has 12 heteroatoms. The predicted octanol–water partition coefficient (Wildman–Crippen LogP) is 3.42. The quantitative estimate of drug-likeness (QED) is 0.0923. The monoisotopic (exact) mass is 638 g/mol. The average Bonchev–Trinajstić information content (AvgIpc) is 3.38. The molecule has 0 radical (unpaired) electrons. The lowest BCUT2D eigenvalue weighted by Crippen LogP contribution is -2.41. The second-order valence-electron chi connectivity index (χ2n) is 10.2. The third-order valence-corrected chi connectivity index (χ3v) is 7.80. The fourth-order valence-corrected chi connectivity index (χ4v) is 5.52. The molecule has 0 amide bonds. The maximum atomic E-state index is 12.7. The minimum atomic E-state index is -1.24. The maximum Gasteiger partial charge on any atom is 0.330 e. The molecule has 0 unspecified atom stereocenters. The Kier molecular flexibility index (Phi) is 10.7. The molecule has 4 aromatic rings. The van der Waals surface area contributed by atoms with Gasteiger partial charge >= 0.3 is 5.69 Å². The fraction of sp³-hybridized carbons (Fsp3) is 0.333. The van der Waals surface area contributed by atoms with Gasteiger partial charge in [0, 0.05) is 18.1 Å². The standard InChI is InChI=1S/C33H35ClN2O9/c1-40-25-12-8-23(9-13-25)33(22-6-4-3-5-7-22,24-10-14-26(41-2)15-11-24)44-20-27-29(38)30(43-21-42-19-17-34)31(45-27)36-18-16-28(37)35-32(36)39/h3-16,18,27,29-31,38H,17,19-21H2,1-2H3,(H,35,37,39)/t27-,29-,30-,31-/m1/s1. The molecule has 1 saturated heterocycles. The maximum absolute atomic E-state index is 12.7. The van der Waals surface area contributed by atoms with E-state index in [2.05, 4.69) is 4.98 Å². The Labute approximate surface area is 264 Å². The number of methoxy groups -OCH3 is 2. The van der Waals surface area contributed by atoms with Crippen molar-refractivity contribution >= 4 is 11.6 Å². The highest BCUT2D eigenvalue weighted by molar-refractivity contribution is 6.17. The second kappa shape index (κ2) is 14.9. The van der Waals surface area contributed by atoms with E-state index in [0.29, 0.717) is 11.5 Å². The highest BCUT2D eigenvalue weighted by Gasteiger charge is 2.48. The molecule has 2 heterocycles. The smallest absolute Gasteiger partial charge is 0.330 e. The Morgan fingerprint density at radius 1 is 0.889 bits per heavy atom. The summed E-state index contributed by atoms with van der Waals surface area (Å²) in [5.41, 5.74) is -0.0414. The van der Waals surface area contributed by atoms with E-state index in [9.17, 15) is 14.7 Å². The molecule has 2 N–H and O–H groups in total. The fourth-order valence-electron chi connectivity index (χ4n) is 5.41. The summed E-state index contributed by atoms with van der Waals surface area (Å²) in [6, 6.07) is 26.0. The predicted molar refractivity (Wildman–Crippen MR) is 166 cm³/mol. The molecule has 0 bridgehead atoms. The number of aromatic amines is 1. The largest absolute Gasteiger partial charge is 0.497 e. The zero-order valence-corrected chi connectivity index (χ0v) is 25.6. The van der Waals surface area contributed by atoms with E-state index in [-0.39, 0.29) is 25.9 Å². The van der Waals surface area contributed by atoms with Crippen molar-refractivity contribution in [1.82, 2.24) is 9.55 Å². The molecule has 4 atom stereocenters. The van der Waals surface area contributed by atoms with Gasteiger partial charge in [-0.15, -0.1) is 11.6 Å². The topological polar surface area (TPSA) is 130 Å². The van der Waals surface area contributed by atoms with Crippen molar-refractivity contribution in [3.8, 4) is 11.5 Å². The molecule has 1 aliphatic rings. The Hall–Kier alpha value is -3.97. The number of benzene rings is 3. The summed E-state index contributed by atoms with van der Waals surface area (Å²) < 4.78 is 36.4. The van der Waals surface area contributed by atoms with Crippen molar-refractivity contribution in [3.05, 3.63) is 129 Å². The Morgan fingerprint density at radius 3 is 2.04 bits per heavy atom. The first kappa shape index (κ1) is 32.4. The van der Waals surface area contributed by atoms with Crippen molar-refractivity contribution < 1.29 is 33.5 Å². The lowest BCUT2D eigenvalue weighted by Gasteiger charge is -2.37. The van der Waals surface area contributed by atoms with Crippen LogP contribution in [0.15, 0.2) is 101 Å². The van der Waals surface area contributed by atoms with Gasteiger partial charge in [0.05, 0.1) is 27.4 Å². The van der Waals surface area contributed by atoms with Gasteiger partial charge in [-0.25, -0.2) is 4.79 Å². The summed E-state index contributed by atoms with van der Waals surface area (Å²) in [4.78, 5) is 26.7. The first-order chi connectivity index (χ1) is 21.9. The van der Waals surface area contributed by atoms with Crippen LogP contribution in [0.25, 0.3) is 0 Å². The number of H-pyrrole nitrogens is 1. The van der Waals surface area contributed by atoms with Crippen LogP contribution in [0, 0.1) is 0 Å². The molecular weight excluding hydrogens is 604 g/mol. The molecule has 0 spiro atoms. The number of rotatable bonds is 14. The highest BCUT2D eigenvalue weighted by Crippen LogP contribution is 2.43. The summed E-state index contributed by atoms with van der Waals surface area (Å²) >= 11 is 5.71. The van der Waals surface area contributed by atoms with Crippen molar-refractivity contribution in [2.75, 3.05) is 40.1 Å². The van der Waals surface area contributed by atoms with Gasteiger partial charge in [-0.05, 0) is 41.0 Å². The van der Waals surface area contributed by atoms with Crippen molar-refractivity contribution in [3.63, 3.8) is 0 Å². The molecule has 11 nitrogen and oxygen atoms in total. The molecule has 45 heavy (non-hydrogen) atoms. The van der Waals surface area contributed by atoms with E-state index in [1.54, 1.807) is 14.2 Å². The lowest BCUT2D eigenvalue weighted by molar-refractivity contribution is -0.138. The van der Waals surface area contributed by atoms with Crippen LogP contribution in [0.1, 0.15) is 22.9 Å². The Balaban J connectivity index is 1.54. The summed E-state index contributed by atoms with van der Waals surface area (Å²) in [6.07, 6.45) is -3.03. The highest BCUT2D eigenvalue weighted by atomic mass is 35.5. The number of aliphatic hydroxyl groups excluding tert-OH is 1. The third kappa shape index (κ3) is 6.99. The van der Waals surface area contributed by atoms with Gasteiger partial charge in [0.1, 0.15) is 42.2 Å². The van der Waals surface area contributed by atoms with E-state index in [4.69, 9.17) is 40.0 Å². The average molecular weight is 639 g/mol. The van der Waals surface area contributed by atoms with Crippen LogP contribution < -0.4 is 20.7 Å². The van der Waals surface area contributed by atoms with Crippen molar-refractivity contribution in [2.24, 2.45) is 0 Å². The van der Waals surface area contributed by atoms with E-state index >= 15 is 0 Å². The molecule has 0 aliphatic carbocycles. The molecule has 3 aromatic carbocycles. The molecule has 5 rings (SSSR count). The van der Waals surface area contributed by atoms with Crippen LogP contribution in [0.5, 0.6) is 11.5 Å². The number of nitrogens with one attached hydrogen (secondary N) is 1. The van der Waals surface area contributed by atoms with Crippen LogP contribution in [-0.2, 0) is 24.5 Å². The van der Waals surface area contributed by atoms with Gasteiger partial charge in [-0.3, -0.25) is 14.3 Å². The third-order valence-electron chi connectivity index (χ3n) is 7.64. The van der Waals surface area contributed by atoms with Crippen molar-refractivity contribution in [2.45, 2.75) is 30.1 Å². The van der Waals surface area contributed by atoms with E-state index < -0.39 is 41.4 Å². The van der Waals surface area contributed by atoms with E-state index in [0.717, 1.165) is 21.3 Å². The molecular formula is C33H35ClN2O9. The van der Waals surface area contributed by atoms with Crippen LogP contribution in [0.2, 0.25) is 0 Å². The van der Waals surface area contributed by atoms with Crippen LogP contribution in [-0.4, -0.2) is 73.1 Å². The number of hydrogen-bond acceptors (Lipinski definition) is 9. The van der Waals surface area contributed by atoms with Crippen molar-refractivity contribution in [1.29, 1.82) is 0 Å². The second-order valence-corrected chi connectivity index (χ2v) is 10.6. The van der Waals surface area contributed by atoms with Gasteiger partial charge < -0.3 is 33.5 Å². The molecule has 238 valence electrons. The summed E-state index contributed by atoms with van der Waals surface area (Å²) in [7, 11) is 3.20. The summed E-state index contributed by atoms with van der Waals surface area (Å²) in [5, 5.41) is 11.5. The first-order valence-corrected chi connectivity index (χ1v) is 14.8. The van der Waals surface area contributed by atoms with Gasteiger partial charge in [-0.2, -0.15) is 0 Å². The van der Waals surface area contributed by atoms with Crippen LogP contribution in [0.3, 0.4) is 0 Å². The first-order valence-electron chi connectivity index (χ1n) is 14.3.